The van der Waals surface area contributed by atoms with Crippen LogP contribution in [0.1, 0.15) is 29.7 Å². The van der Waals surface area contributed by atoms with Gasteiger partial charge in [-0.1, -0.05) is 65.9 Å². The topological polar surface area (TPSA) is 73.1 Å². The molecule has 1 aliphatic rings. The fraction of sp³-hybridized carbons (Fsp3) is 0.194. The Morgan fingerprint density at radius 3 is 2.46 bits per heavy atom. The summed E-state index contributed by atoms with van der Waals surface area (Å²) < 4.78 is 13.1. The Balaban J connectivity index is 1.79. The zero-order valence-corrected chi connectivity index (χ0v) is 23.1. The van der Waals surface area contributed by atoms with Gasteiger partial charge in [-0.3, -0.25) is 9.36 Å². The van der Waals surface area contributed by atoms with Crippen molar-refractivity contribution in [3.8, 4) is 5.75 Å². The minimum absolute atomic E-state index is 0.197. The Bertz CT molecular complexity index is 1720. The van der Waals surface area contributed by atoms with Crippen LogP contribution in [0.25, 0.3) is 11.8 Å². The minimum atomic E-state index is -0.746. The second kappa shape index (κ2) is 11.1. The fourth-order valence-electron chi connectivity index (χ4n) is 4.59. The van der Waals surface area contributed by atoms with E-state index in [1.165, 1.54) is 11.3 Å². The predicted octanol–water partition coefficient (Wildman–Crippen LogP) is 4.01. The molecule has 8 heteroatoms. The van der Waals surface area contributed by atoms with Crippen LogP contribution in [0.5, 0.6) is 5.75 Å². The van der Waals surface area contributed by atoms with Crippen LogP contribution in [0, 0.1) is 0 Å². The number of esters is 1. The summed E-state index contributed by atoms with van der Waals surface area (Å²) in [6.07, 6.45) is 1.86. The van der Waals surface area contributed by atoms with Crippen LogP contribution in [-0.4, -0.2) is 38.3 Å². The van der Waals surface area contributed by atoms with Crippen molar-refractivity contribution in [2.45, 2.75) is 13.0 Å². The molecule has 0 saturated heterocycles. The lowest BCUT2D eigenvalue weighted by atomic mass is 9.93. The van der Waals surface area contributed by atoms with Gasteiger partial charge in [0.05, 0.1) is 35.6 Å². The first-order chi connectivity index (χ1) is 18.9. The number of nitrogens with zero attached hydrogens (tertiary/aromatic N) is 3. The van der Waals surface area contributed by atoms with Gasteiger partial charge in [-0.2, -0.15) is 0 Å². The maximum absolute atomic E-state index is 14.0. The first-order valence-electron chi connectivity index (χ1n) is 12.6. The van der Waals surface area contributed by atoms with E-state index < -0.39 is 12.0 Å². The van der Waals surface area contributed by atoms with Crippen LogP contribution in [-0.2, 0) is 9.53 Å². The molecule has 0 aliphatic carbocycles. The molecule has 0 fully saturated rings. The van der Waals surface area contributed by atoms with Gasteiger partial charge in [-0.05, 0) is 48.4 Å². The number of methoxy groups -OCH3 is 1. The molecule has 2 heterocycles. The maximum atomic E-state index is 14.0. The zero-order valence-electron chi connectivity index (χ0n) is 22.3. The predicted molar refractivity (Wildman–Crippen MR) is 155 cm³/mol. The molecule has 4 aromatic rings. The Labute approximate surface area is 230 Å². The van der Waals surface area contributed by atoms with Gasteiger partial charge in [0.25, 0.3) is 5.56 Å². The number of thiazole rings is 1. The molecule has 3 aromatic carbocycles. The minimum Gasteiger partial charge on any atom is -0.497 e. The molecule has 0 saturated carbocycles. The number of aromatic nitrogens is 1. The molecule has 5 rings (SSSR count). The summed E-state index contributed by atoms with van der Waals surface area (Å²) in [5.41, 5.74) is 4.04. The molecule has 0 bridgehead atoms. The molecule has 0 amide bonds. The number of hydrogen-bond acceptors (Lipinski definition) is 7. The first kappa shape index (κ1) is 26.2. The normalized spacial score (nSPS) is 15.0. The molecule has 39 heavy (non-hydrogen) atoms. The highest BCUT2D eigenvalue weighted by Gasteiger charge is 2.35. The van der Waals surface area contributed by atoms with Crippen LogP contribution in [0.4, 0.5) is 5.69 Å². The molecule has 0 spiro atoms. The van der Waals surface area contributed by atoms with E-state index in [9.17, 15) is 9.59 Å². The number of benzene rings is 3. The molecule has 1 aliphatic heterocycles. The van der Waals surface area contributed by atoms with Gasteiger partial charge in [-0.25, -0.2) is 9.79 Å². The van der Waals surface area contributed by atoms with E-state index in [0.29, 0.717) is 26.4 Å². The first-order valence-corrected chi connectivity index (χ1v) is 13.4. The van der Waals surface area contributed by atoms with Gasteiger partial charge < -0.3 is 14.4 Å². The molecular weight excluding hydrogens is 510 g/mol. The average Bonchev–Trinajstić information content (AvgIpc) is 3.27. The maximum Gasteiger partial charge on any atom is 0.338 e. The number of rotatable bonds is 7. The van der Waals surface area contributed by atoms with Gasteiger partial charge >= 0.3 is 5.97 Å². The second-order valence-electron chi connectivity index (χ2n) is 9.19. The lowest BCUT2D eigenvalue weighted by molar-refractivity contribution is -0.138. The molecule has 1 aromatic heterocycles. The van der Waals surface area contributed by atoms with Crippen molar-refractivity contribution >= 4 is 34.8 Å². The van der Waals surface area contributed by atoms with E-state index in [1.54, 1.807) is 18.6 Å². The van der Waals surface area contributed by atoms with Gasteiger partial charge in [0.2, 0.25) is 0 Å². The SMILES string of the molecule is CCOC(=O)C1=C(c2ccccc2)N=c2s/c(=C\c3ccc(N(C)C)cc3)c(=O)n2[C@@H]1c1cccc(OC)c1. The van der Waals surface area contributed by atoms with Gasteiger partial charge in [0.15, 0.2) is 4.80 Å². The largest absolute Gasteiger partial charge is 0.497 e. The summed E-state index contributed by atoms with van der Waals surface area (Å²) in [6.45, 7) is 1.96. The summed E-state index contributed by atoms with van der Waals surface area (Å²) in [5, 5.41) is 0. The summed E-state index contributed by atoms with van der Waals surface area (Å²) in [6, 6.07) is 24.1. The third kappa shape index (κ3) is 5.15. The van der Waals surface area contributed by atoms with Crippen LogP contribution in [0.2, 0.25) is 0 Å². The number of anilines is 1. The Hall–Kier alpha value is -4.43. The van der Waals surface area contributed by atoms with Crippen molar-refractivity contribution in [2.75, 3.05) is 32.7 Å². The van der Waals surface area contributed by atoms with Crippen LogP contribution >= 0.6 is 11.3 Å². The number of carbonyl (C=O) groups is 1. The second-order valence-corrected chi connectivity index (χ2v) is 10.2. The summed E-state index contributed by atoms with van der Waals surface area (Å²) >= 11 is 1.30. The average molecular weight is 540 g/mol. The molecule has 0 radical (unpaired) electrons. The summed E-state index contributed by atoms with van der Waals surface area (Å²) in [5.74, 6) is 0.110. The highest BCUT2D eigenvalue weighted by atomic mass is 32.1. The van der Waals surface area contributed by atoms with E-state index >= 15 is 0 Å². The monoisotopic (exact) mass is 539 g/mol. The number of hydrogen-bond donors (Lipinski definition) is 0. The number of ether oxygens (including phenoxy) is 2. The number of fused-ring (bicyclic) bond motifs is 1. The van der Waals surface area contributed by atoms with Crippen molar-refractivity contribution in [3.63, 3.8) is 0 Å². The quantitative estimate of drug-likeness (QED) is 0.332. The molecular formula is C31H29N3O4S. The van der Waals surface area contributed by atoms with Gasteiger partial charge in [0.1, 0.15) is 5.75 Å². The van der Waals surface area contributed by atoms with Gasteiger partial charge in [-0.15, -0.1) is 0 Å². The van der Waals surface area contributed by atoms with Crippen LogP contribution in [0.3, 0.4) is 0 Å². The highest BCUT2D eigenvalue weighted by molar-refractivity contribution is 7.07. The Kier molecular flexibility index (Phi) is 7.47. The lowest BCUT2D eigenvalue weighted by Crippen LogP contribution is -2.40. The molecule has 1 atom stereocenters. The van der Waals surface area contributed by atoms with E-state index in [2.05, 4.69) is 0 Å². The standard InChI is InChI=1S/C31H29N3O4S/c1-5-38-30(36)26-27(21-10-7-6-8-11-21)32-31-34(28(26)22-12-9-13-24(19-22)37-4)29(35)25(39-31)18-20-14-16-23(17-15-20)33(2)3/h6-19,28H,5H2,1-4H3/b25-18-/t28-/m1/s1. The van der Waals surface area contributed by atoms with Crippen molar-refractivity contribution in [2.24, 2.45) is 4.99 Å². The molecule has 0 unspecified atom stereocenters. The summed E-state index contributed by atoms with van der Waals surface area (Å²) in [7, 11) is 5.55. The summed E-state index contributed by atoms with van der Waals surface area (Å²) in [4.78, 5) is 34.9. The van der Waals surface area contributed by atoms with E-state index in [-0.39, 0.29) is 12.2 Å². The third-order valence-corrected chi connectivity index (χ3v) is 7.47. The zero-order chi connectivity index (χ0) is 27.5. The van der Waals surface area contributed by atoms with E-state index in [1.807, 2.05) is 104 Å². The van der Waals surface area contributed by atoms with Crippen molar-refractivity contribution < 1.29 is 14.3 Å². The van der Waals surface area contributed by atoms with Crippen molar-refractivity contribution in [1.82, 2.24) is 4.57 Å². The molecule has 0 N–H and O–H groups in total. The van der Waals surface area contributed by atoms with Crippen LogP contribution < -0.4 is 24.5 Å². The van der Waals surface area contributed by atoms with Crippen molar-refractivity contribution in [1.29, 1.82) is 0 Å². The third-order valence-electron chi connectivity index (χ3n) is 6.49. The smallest absolute Gasteiger partial charge is 0.338 e. The Morgan fingerprint density at radius 1 is 1.05 bits per heavy atom. The van der Waals surface area contributed by atoms with Crippen LogP contribution in [0.15, 0.2) is 94.2 Å². The van der Waals surface area contributed by atoms with E-state index in [0.717, 1.165) is 22.4 Å². The lowest BCUT2D eigenvalue weighted by Gasteiger charge is -2.26. The van der Waals surface area contributed by atoms with E-state index in [4.69, 9.17) is 14.5 Å². The molecule has 198 valence electrons. The fourth-order valence-corrected chi connectivity index (χ4v) is 5.59. The van der Waals surface area contributed by atoms with Crippen molar-refractivity contribution in [3.05, 3.63) is 121 Å². The number of carbonyl (C=O) groups excluding carboxylic acids is 1. The van der Waals surface area contributed by atoms with Gasteiger partial charge in [0, 0.05) is 25.3 Å². The highest BCUT2D eigenvalue weighted by Crippen LogP contribution is 2.36. The Morgan fingerprint density at radius 2 is 1.79 bits per heavy atom. The molecule has 7 nitrogen and oxygen atoms in total.